The first-order valence-electron chi connectivity index (χ1n) is 6.70. The summed E-state index contributed by atoms with van der Waals surface area (Å²) in [6.45, 7) is 11.6. The molecule has 16 heavy (non-hydrogen) atoms. The number of likely N-dealkylation sites (N-methyl/N-ethyl adjacent to an activating group) is 1. The summed E-state index contributed by atoms with van der Waals surface area (Å²) in [5, 5.41) is 3.52. The van der Waals surface area contributed by atoms with E-state index in [1.807, 2.05) is 6.92 Å². The van der Waals surface area contributed by atoms with E-state index in [4.69, 9.17) is 4.74 Å². The smallest absolute Gasteiger partial charge is 0.0593 e. The second-order valence-electron chi connectivity index (χ2n) is 4.50. The van der Waals surface area contributed by atoms with E-state index in [2.05, 4.69) is 31.1 Å². The fraction of sp³-hybridized carbons (Fsp3) is 1.00. The Morgan fingerprint density at radius 3 is 2.62 bits per heavy atom. The van der Waals surface area contributed by atoms with Crippen molar-refractivity contribution in [3.05, 3.63) is 0 Å². The molecule has 0 fully saturated rings. The quantitative estimate of drug-likeness (QED) is 0.550. The van der Waals surface area contributed by atoms with Crippen molar-refractivity contribution in [2.75, 3.05) is 39.9 Å². The Labute approximate surface area is 102 Å². The number of hydrogen-bond acceptors (Lipinski definition) is 3. The van der Waals surface area contributed by atoms with E-state index in [-0.39, 0.29) is 0 Å². The SMILES string of the molecule is CCCNC(C)CCCN(C)CCOCC. The predicted octanol–water partition coefficient (Wildman–Crippen LogP) is 2.12. The molecular formula is C13H30N2O. The third kappa shape index (κ3) is 10.4. The van der Waals surface area contributed by atoms with Crippen LogP contribution in [0.25, 0.3) is 0 Å². The maximum absolute atomic E-state index is 5.33. The van der Waals surface area contributed by atoms with Gasteiger partial charge in [-0.1, -0.05) is 6.92 Å². The highest BCUT2D eigenvalue weighted by atomic mass is 16.5. The summed E-state index contributed by atoms with van der Waals surface area (Å²) in [6.07, 6.45) is 3.75. The highest BCUT2D eigenvalue weighted by Crippen LogP contribution is 1.98. The van der Waals surface area contributed by atoms with Crippen LogP contribution in [0.1, 0.15) is 40.0 Å². The maximum atomic E-state index is 5.33. The average Bonchev–Trinajstić information content (AvgIpc) is 2.26. The minimum absolute atomic E-state index is 0.653. The van der Waals surface area contributed by atoms with Crippen LogP contribution in [0.4, 0.5) is 0 Å². The van der Waals surface area contributed by atoms with Gasteiger partial charge in [-0.2, -0.15) is 0 Å². The molecule has 0 saturated carbocycles. The van der Waals surface area contributed by atoms with Gasteiger partial charge < -0.3 is 15.0 Å². The lowest BCUT2D eigenvalue weighted by Gasteiger charge is -2.18. The van der Waals surface area contributed by atoms with Crippen molar-refractivity contribution in [3.63, 3.8) is 0 Å². The first kappa shape index (κ1) is 15.9. The molecule has 0 radical (unpaired) electrons. The van der Waals surface area contributed by atoms with Crippen molar-refractivity contribution in [3.8, 4) is 0 Å². The summed E-state index contributed by atoms with van der Waals surface area (Å²) in [6, 6.07) is 0.653. The summed E-state index contributed by atoms with van der Waals surface area (Å²) >= 11 is 0. The van der Waals surface area contributed by atoms with Gasteiger partial charge in [-0.25, -0.2) is 0 Å². The Balaban J connectivity index is 3.28. The lowest BCUT2D eigenvalue weighted by atomic mass is 10.2. The lowest BCUT2D eigenvalue weighted by Crippen LogP contribution is -2.29. The zero-order chi connectivity index (χ0) is 12.2. The Morgan fingerprint density at radius 2 is 2.00 bits per heavy atom. The van der Waals surface area contributed by atoms with Crippen LogP contribution in [0.5, 0.6) is 0 Å². The number of hydrogen-bond donors (Lipinski definition) is 1. The summed E-state index contributed by atoms with van der Waals surface area (Å²) in [4.78, 5) is 2.35. The molecule has 0 spiro atoms. The van der Waals surface area contributed by atoms with E-state index in [0.717, 1.165) is 26.3 Å². The molecule has 0 aliphatic heterocycles. The van der Waals surface area contributed by atoms with Crippen LogP contribution in [-0.4, -0.2) is 50.8 Å². The highest BCUT2D eigenvalue weighted by molar-refractivity contribution is 4.61. The summed E-state index contributed by atoms with van der Waals surface area (Å²) < 4.78 is 5.33. The van der Waals surface area contributed by atoms with E-state index < -0.39 is 0 Å². The molecule has 0 aromatic heterocycles. The molecule has 0 rings (SSSR count). The summed E-state index contributed by atoms with van der Waals surface area (Å²) in [5.74, 6) is 0. The van der Waals surface area contributed by atoms with Crippen LogP contribution in [0.15, 0.2) is 0 Å². The van der Waals surface area contributed by atoms with E-state index >= 15 is 0 Å². The Kier molecular flexibility index (Phi) is 11.3. The third-order valence-electron chi connectivity index (χ3n) is 2.74. The first-order chi connectivity index (χ1) is 7.70. The van der Waals surface area contributed by atoms with Crippen LogP contribution in [-0.2, 0) is 4.74 Å². The third-order valence-corrected chi connectivity index (χ3v) is 2.74. The van der Waals surface area contributed by atoms with Crippen LogP contribution in [0, 0.1) is 0 Å². The van der Waals surface area contributed by atoms with Crippen molar-refractivity contribution in [1.29, 1.82) is 0 Å². The molecule has 0 aliphatic carbocycles. The minimum atomic E-state index is 0.653. The molecule has 98 valence electrons. The van der Waals surface area contributed by atoms with Crippen LogP contribution < -0.4 is 5.32 Å². The fourth-order valence-electron chi connectivity index (χ4n) is 1.64. The van der Waals surface area contributed by atoms with Crippen LogP contribution >= 0.6 is 0 Å². The van der Waals surface area contributed by atoms with Crippen molar-refractivity contribution >= 4 is 0 Å². The molecule has 0 amide bonds. The van der Waals surface area contributed by atoms with Gasteiger partial charge in [0.15, 0.2) is 0 Å². The first-order valence-corrected chi connectivity index (χ1v) is 6.70. The monoisotopic (exact) mass is 230 g/mol. The van der Waals surface area contributed by atoms with Gasteiger partial charge in [-0.05, 0) is 53.2 Å². The molecule has 0 saturated heterocycles. The standard InChI is InChI=1S/C13H30N2O/c1-5-9-14-13(3)8-7-10-15(4)11-12-16-6-2/h13-14H,5-12H2,1-4H3. The van der Waals surface area contributed by atoms with Crippen LogP contribution in [0.2, 0.25) is 0 Å². The minimum Gasteiger partial charge on any atom is -0.380 e. The fourth-order valence-corrected chi connectivity index (χ4v) is 1.64. The molecular weight excluding hydrogens is 200 g/mol. The highest BCUT2D eigenvalue weighted by Gasteiger charge is 2.02. The van der Waals surface area contributed by atoms with Gasteiger partial charge in [-0.3, -0.25) is 0 Å². The Morgan fingerprint density at radius 1 is 1.25 bits per heavy atom. The molecule has 1 atom stereocenters. The van der Waals surface area contributed by atoms with Crippen molar-refractivity contribution in [2.24, 2.45) is 0 Å². The van der Waals surface area contributed by atoms with Gasteiger partial charge in [-0.15, -0.1) is 0 Å². The van der Waals surface area contributed by atoms with Gasteiger partial charge >= 0.3 is 0 Å². The van der Waals surface area contributed by atoms with Crippen LogP contribution in [0.3, 0.4) is 0 Å². The summed E-state index contributed by atoms with van der Waals surface area (Å²) in [5.41, 5.74) is 0. The predicted molar refractivity (Wildman–Crippen MR) is 71.0 cm³/mol. The zero-order valence-corrected chi connectivity index (χ0v) is 11.6. The van der Waals surface area contributed by atoms with Gasteiger partial charge in [0.1, 0.15) is 0 Å². The molecule has 3 nitrogen and oxygen atoms in total. The van der Waals surface area contributed by atoms with E-state index in [1.165, 1.54) is 25.8 Å². The normalized spacial score (nSPS) is 13.3. The number of nitrogens with zero attached hydrogens (tertiary/aromatic N) is 1. The second kappa shape index (κ2) is 11.4. The average molecular weight is 230 g/mol. The zero-order valence-electron chi connectivity index (χ0n) is 11.6. The van der Waals surface area contributed by atoms with Gasteiger partial charge in [0.2, 0.25) is 0 Å². The largest absolute Gasteiger partial charge is 0.380 e. The molecule has 0 aliphatic rings. The lowest BCUT2D eigenvalue weighted by molar-refractivity contribution is 0.121. The van der Waals surface area contributed by atoms with Gasteiger partial charge in [0.25, 0.3) is 0 Å². The van der Waals surface area contributed by atoms with E-state index in [9.17, 15) is 0 Å². The second-order valence-corrected chi connectivity index (χ2v) is 4.50. The van der Waals surface area contributed by atoms with E-state index in [0.29, 0.717) is 6.04 Å². The molecule has 1 N–H and O–H groups in total. The number of ether oxygens (including phenoxy) is 1. The van der Waals surface area contributed by atoms with Crippen molar-refractivity contribution in [1.82, 2.24) is 10.2 Å². The Bertz CT molecular complexity index is 142. The molecule has 0 bridgehead atoms. The Hall–Kier alpha value is -0.120. The molecule has 0 aromatic rings. The molecule has 0 heterocycles. The number of nitrogens with one attached hydrogen (secondary N) is 1. The van der Waals surface area contributed by atoms with Crippen molar-refractivity contribution < 1.29 is 4.74 Å². The summed E-state index contributed by atoms with van der Waals surface area (Å²) in [7, 11) is 2.17. The van der Waals surface area contributed by atoms with E-state index in [1.54, 1.807) is 0 Å². The van der Waals surface area contributed by atoms with Gasteiger partial charge in [0, 0.05) is 19.2 Å². The molecule has 3 heteroatoms. The molecule has 1 unspecified atom stereocenters. The molecule has 0 aromatic carbocycles. The topological polar surface area (TPSA) is 24.5 Å². The van der Waals surface area contributed by atoms with Gasteiger partial charge in [0.05, 0.1) is 6.61 Å². The maximum Gasteiger partial charge on any atom is 0.0593 e. The van der Waals surface area contributed by atoms with Crippen molar-refractivity contribution in [2.45, 2.75) is 46.1 Å². The number of rotatable bonds is 11.